The zero-order chi connectivity index (χ0) is 25.7. The maximum absolute atomic E-state index is 15.2. The first kappa shape index (κ1) is 23.0. The summed E-state index contributed by atoms with van der Waals surface area (Å²) in [4.78, 5) is 21.1. The number of halogens is 1. The van der Waals surface area contributed by atoms with Crippen LogP contribution in [0.5, 0.6) is 0 Å². The average molecular weight is 505 g/mol. The third-order valence-electron chi connectivity index (χ3n) is 7.10. The fourth-order valence-corrected chi connectivity index (χ4v) is 4.75. The number of hydrogen-bond donors (Lipinski definition) is 3. The largest absolute Gasteiger partial charge is 0.443 e. The third kappa shape index (κ3) is 4.24. The van der Waals surface area contributed by atoms with Crippen molar-refractivity contribution < 1.29 is 13.9 Å². The summed E-state index contributed by atoms with van der Waals surface area (Å²) in [6.45, 7) is 1.94. The number of aromatic nitrogens is 7. The van der Waals surface area contributed by atoms with Gasteiger partial charge in [0.1, 0.15) is 18.3 Å². The molecule has 2 saturated carbocycles. The standard InChI is InChI=1S/C24H25FN10O2/c1-24(6-7-24)31-23(36)37-18-4-3-14(20(18)25)16-9-19(33-32-16)30-22-27-11-15(17-5-8-28-34(17)2)21-29-13(10-26)12-35(21)22/h5,8-9,11-12,14,18,20H,3-4,6-7H2,1-2H3,(H,31,36)(H2,27,30,32,33)/t14-,18-,20+/m1/s1. The lowest BCUT2D eigenvalue weighted by Crippen LogP contribution is -2.38. The Balaban J connectivity index is 1.20. The van der Waals surface area contributed by atoms with Crippen LogP contribution in [0.4, 0.5) is 21.0 Å². The van der Waals surface area contributed by atoms with Crippen LogP contribution in [-0.4, -0.2) is 58.3 Å². The molecule has 0 radical (unpaired) electrons. The van der Waals surface area contributed by atoms with Gasteiger partial charge in [-0.3, -0.25) is 14.2 Å². The Hall–Kier alpha value is -4.47. The highest BCUT2D eigenvalue weighted by Gasteiger charge is 2.43. The maximum atomic E-state index is 15.2. The first-order chi connectivity index (χ1) is 17.8. The molecule has 0 aliphatic heterocycles. The molecule has 0 bridgehead atoms. The summed E-state index contributed by atoms with van der Waals surface area (Å²) in [5.74, 6) is 0.346. The van der Waals surface area contributed by atoms with Crippen molar-refractivity contribution in [2.45, 2.75) is 56.3 Å². The molecule has 13 heteroatoms. The first-order valence-corrected chi connectivity index (χ1v) is 12.1. The van der Waals surface area contributed by atoms with Gasteiger partial charge in [0.15, 0.2) is 17.2 Å². The van der Waals surface area contributed by atoms with E-state index in [0.717, 1.165) is 18.5 Å². The molecule has 2 fully saturated rings. The molecule has 0 saturated heterocycles. The summed E-state index contributed by atoms with van der Waals surface area (Å²) < 4.78 is 24.0. The molecule has 4 heterocycles. The van der Waals surface area contributed by atoms with Crippen LogP contribution in [0.1, 0.15) is 49.9 Å². The van der Waals surface area contributed by atoms with Gasteiger partial charge >= 0.3 is 6.09 Å². The second-order valence-electron chi connectivity index (χ2n) is 9.86. The van der Waals surface area contributed by atoms with Crippen molar-refractivity contribution in [1.82, 2.24) is 39.7 Å². The van der Waals surface area contributed by atoms with E-state index in [1.165, 1.54) is 0 Å². The van der Waals surface area contributed by atoms with Crippen LogP contribution < -0.4 is 10.6 Å². The van der Waals surface area contributed by atoms with Crippen LogP contribution in [0.2, 0.25) is 0 Å². The molecule has 0 unspecified atom stereocenters. The number of rotatable bonds is 6. The van der Waals surface area contributed by atoms with E-state index in [1.54, 1.807) is 33.7 Å². The predicted molar refractivity (Wildman–Crippen MR) is 130 cm³/mol. The van der Waals surface area contributed by atoms with E-state index in [-0.39, 0.29) is 11.2 Å². The number of hydrogen-bond acceptors (Lipinski definition) is 8. The molecule has 2 aliphatic rings. The minimum Gasteiger partial charge on any atom is -0.443 e. The van der Waals surface area contributed by atoms with Crippen molar-refractivity contribution in [2.75, 3.05) is 5.32 Å². The number of amides is 1. The van der Waals surface area contributed by atoms with Gasteiger partial charge in [-0.25, -0.2) is 19.2 Å². The number of anilines is 2. The second-order valence-corrected chi connectivity index (χ2v) is 9.86. The number of alkyl halides is 1. The van der Waals surface area contributed by atoms with E-state index in [1.807, 2.05) is 20.0 Å². The van der Waals surface area contributed by atoms with E-state index < -0.39 is 24.3 Å². The van der Waals surface area contributed by atoms with E-state index in [2.05, 4.69) is 42.0 Å². The molecule has 1 amide bonds. The average Bonchev–Trinajstić information content (AvgIpc) is 3.35. The minimum atomic E-state index is -1.35. The molecule has 2 aliphatic carbocycles. The maximum Gasteiger partial charge on any atom is 0.407 e. The summed E-state index contributed by atoms with van der Waals surface area (Å²) in [5.41, 5.74) is 2.66. The fraction of sp³-hybridized carbons (Fsp3) is 0.417. The lowest BCUT2D eigenvalue weighted by Gasteiger charge is -2.19. The van der Waals surface area contributed by atoms with E-state index in [9.17, 15) is 10.1 Å². The van der Waals surface area contributed by atoms with Gasteiger partial charge in [0, 0.05) is 42.7 Å². The summed E-state index contributed by atoms with van der Waals surface area (Å²) in [5, 5.41) is 26.7. The number of nitriles is 1. The van der Waals surface area contributed by atoms with Gasteiger partial charge in [-0.2, -0.15) is 15.5 Å². The van der Waals surface area contributed by atoms with Crippen LogP contribution in [0.25, 0.3) is 16.9 Å². The Morgan fingerprint density at radius 2 is 2.22 bits per heavy atom. The normalized spacial score (nSPS) is 22.1. The molecule has 4 aromatic rings. The Bertz CT molecular complexity index is 1530. The van der Waals surface area contributed by atoms with E-state index in [0.29, 0.717) is 41.5 Å². The molecular weight excluding hydrogens is 479 g/mol. The molecule has 3 N–H and O–H groups in total. The zero-order valence-corrected chi connectivity index (χ0v) is 20.3. The van der Waals surface area contributed by atoms with Crippen molar-refractivity contribution in [1.29, 1.82) is 5.26 Å². The van der Waals surface area contributed by atoms with Gasteiger partial charge in [-0.05, 0) is 38.7 Å². The molecule has 0 spiro atoms. The highest BCUT2D eigenvalue weighted by Crippen LogP contribution is 2.39. The number of aromatic amines is 1. The monoisotopic (exact) mass is 504 g/mol. The highest BCUT2D eigenvalue weighted by atomic mass is 19.1. The number of alkyl carbamates (subject to hydrolysis) is 1. The Labute approximate surface area is 210 Å². The van der Waals surface area contributed by atoms with E-state index >= 15 is 4.39 Å². The quantitative estimate of drug-likeness (QED) is 0.362. The third-order valence-corrected chi connectivity index (χ3v) is 7.10. The van der Waals surface area contributed by atoms with Crippen molar-refractivity contribution in [3.8, 4) is 17.3 Å². The van der Waals surface area contributed by atoms with Crippen molar-refractivity contribution in [3.63, 3.8) is 0 Å². The number of ether oxygens (including phenoxy) is 1. The van der Waals surface area contributed by atoms with Gasteiger partial charge in [-0.15, -0.1) is 0 Å². The van der Waals surface area contributed by atoms with Gasteiger partial charge in [0.25, 0.3) is 0 Å². The lowest BCUT2D eigenvalue weighted by molar-refractivity contribution is 0.0546. The Morgan fingerprint density at radius 1 is 1.38 bits per heavy atom. The number of carbonyl (C=O) groups is 1. The first-order valence-electron chi connectivity index (χ1n) is 12.1. The molecule has 190 valence electrons. The fourth-order valence-electron chi connectivity index (χ4n) is 4.75. The summed E-state index contributed by atoms with van der Waals surface area (Å²) in [7, 11) is 1.81. The van der Waals surface area contributed by atoms with Crippen molar-refractivity contribution >= 4 is 23.5 Å². The molecule has 37 heavy (non-hydrogen) atoms. The van der Waals surface area contributed by atoms with Crippen molar-refractivity contribution in [2.24, 2.45) is 7.05 Å². The number of fused-ring (bicyclic) bond motifs is 1. The molecular formula is C24H25FN10O2. The van der Waals surface area contributed by atoms with Crippen LogP contribution in [0.15, 0.2) is 30.7 Å². The van der Waals surface area contributed by atoms with Gasteiger partial charge < -0.3 is 15.4 Å². The molecule has 4 aromatic heterocycles. The topological polar surface area (TPSA) is 151 Å². The van der Waals surface area contributed by atoms with Crippen molar-refractivity contribution in [3.05, 3.63) is 42.1 Å². The Kier molecular flexibility index (Phi) is 5.32. The van der Waals surface area contributed by atoms with E-state index in [4.69, 9.17) is 4.74 Å². The summed E-state index contributed by atoms with van der Waals surface area (Å²) in [6.07, 6.45) is 4.96. The van der Waals surface area contributed by atoms with Crippen LogP contribution in [0.3, 0.4) is 0 Å². The van der Waals surface area contributed by atoms with Crippen LogP contribution in [-0.2, 0) is 11.8 Å². The molecule has 12 nitrogen and oxygen atoms in total. The predicted octanol–water partition coefficient (Wildman–Crippen LogP) is 3.33. The SMILES string of the molecule is Cn1nccc1-c1cnc(Nc2cc([C@H]3CC[C@@H](OC(=O)NC4(C)CC4)[C@H]3F)[nH]n2)n2cc(C#N)nc12. The van der Waals surface area contributed by atoms with Gasteiger partial charge in [-0.1, -0.05) is 0 Å². The molecule has 0 aromatic carbocycles. The smallest absolute Gasteiger partial charge is 0.407 e. The number of aryl methyl sites for hydroxylation is 1. The number of carbonyl (C=O) groups excluding carboxylic acids is 1. The Morgan fingerprint density at radius 3 is 2.95 bits per heavy atom. The second kappa shape index (κ2) is 8.58. The van der Waals surface area contributed by atoms with Crippen LogP contribution >= 0.6 is 0 Å². The van der Waals surface area contributed by atoms with Crippen LogP contribution in [0, 0.1) is 11.3 Å². The highest BCUT2D eigenvalue weighted by molar-refractivity contribution is 5.77. The summed E-state index contributed by atoms with van der Waals surface area (Å²) in [6, 6.07) is 5.62. The zero-order valence-electron chi connectivity index (χ0n) is 20.3. The summed E-state index contributed by atoms with van der Waals surface area (Å²) >= 11 is 0. The number of imidazole rings is 1. The van der Waals surface area contributed by atoms with Gasteiger partial charge in [0.05, 0.1) is 17.5 Å². The minimum absolute atomic E-state index is 0.219. The number of nitrogens with zero attached hydrogens (tertiary/aromatic N) is 7. The molecule has 6 rings (SSSR count). The van der Waals surface area contributed by atoms with Gasteiger partial charge in [0.2, 0.25) is 5.95 Å². The molecule has 3 atom stereocenters. The number of H-pyrrole nitrogens is 1. The lowest BCUT2D eigenvalue weighted by atomic mass is 10.0. The number of nitrogens with one attached hydrogen (secondary N) is 3.